The third kappa shape index (κ3) is 4.16. The minimum absolute atomic E-state index is 0.0258. The molecule has 0 fully saturated rings. The van der Waals surface area contributed by atoms with E-state index in [0.29, 0.717) is 34.7 Å². The maximum Gasteiger partial charge on any atom is 0.253 e. The Morgan fingerprint density at radius 2 is 2.00 bits per heavy atom. The number of thioether (sulfide) groups is 1. The smallest absolute Gasteiger partial charge is 0.253 e. The van der Waals surface area contributed by atoms with Crippen molar-refractivity contribution in [3.63, 3.8) is 0 Å². The van der Waals surface area contributed by atoms with Crippen molar-refractivity contribution in [3.8, 4) is 0 Å². The molecule has 0 aliphatic carbocycles. The molecule has 0 saturated heterocycles. The first-order chi connectivity index (χ1) is 12.5. The van der Waals surface area contributed by atoms with Gasteiger partial charge in [0, 0.05) is 35.1 Å². The van der Waals surface area contributed by atoms with Crippen LogP contribution in [0.25, 0.3) is 5.78 Å². The van der Waals surface area contributed by atoms with E-state index in [9.17, 15) is 4.79 Å². The summed E-state index contributed by atoms with van der Waals surface area (Å²) in [7, 11) is 0. The molecule has 0 aliphatic rings. The van der Waals surface area contributed by atoms with E-state index in [1.54, 1.807) is 4.52 Å². The minimum Gasteiger partial charge on any atom is -0.352 e. The lowest BCUT2D eigenvalue weighted by Crippen LogP contribution is -2.23. The first-order valence-corrected chi connectivity index (χ1v) is 9.65. The Hall–Kier alpha value is -2.12. The molecule has 0 atom stereocenters. The number of nitrogens with zero attached hydrogens (tertiary/aromatic N) is 4. The molecule has 0 spiro atoms. The van der Waals surface area contributed by atoms with Gasteiger partial charge in [0.05, 0.1) is 0 Å². The van der Waals surface area contributed by atoms with Crippen LogP contribution < -0.4 is 5.32 Å². The third-order valence-electron chi connectivity index (χ3n) is 4.24. The lowest BCUT2D eigenvalue weighted by Gasteiger charge is -2.06. The van der Waals surface area contributed by atoms with E-state index in [-0.39, 0.29) is 5.91 Å². The number of carbonyl (C=O) groups excluding carboxylic acids is 1. The summed E-state index contributed by atoms with van der Waals surface area (Å²) >= 11 is 7.54. The Morgan fingerprint density at radius 3 is 2.77 bits per heavy atom. The summed E-state index contributed by atoms with van der Waals surface area (Å²) < 4.78 is 1.75. The van der Waals surface area contributed by atoms with Gasteiger partial charge in [0.15, 0.2) is 0 Å². The SMILES string of the molecule is Cc1nc2nc(SCCC(=O)NCc3ccccc3Cl)nn2c(C)c1C. The van der Waals surface area contributed by atoms with Gasteiger partial charge in [0.25, 0.3) is 5.78 Å². The van der Waals surface area contributed by atoms with Crippen molar-refractivity contribution in [1.82, 2.24) is 24.9 Å². The zero-order chi connectivity index (χ0) is 18.7. The van der Waals surface area contributed by atoms with Crippen LogP contribution in [0.15, 0.2) is 29.4 Å². The molecule has 1 aromatic carbocycles. The maximum absolute atomic E-state index is 12.0. The average molecular weight is 390 g/mol. The van der Waals surface area contributed by atoms with Crippen LogP contribution in [0.2, 0.25) is 5.02 Å². The van der Waals surface area contributed by atoms with Gasteiger partial charge in [-0.3, -0.25) is 4.79 Å². The van der Waals surface area contributed by atoms with Gasteiger partial charge in [-0.2, -0.15) is 4.98 Å². The molecule has 0 saturated carbocycles. The summed E-state index contributed by atoms with van der Waals surface area (Å²) in [6.07, 6.45) is 0.384. The van der Waals surface area contributed by atoms with Crippen LogP contribution in [0.3, 0.4) is 0 Å². The average Bonchev–Trinajstić information content (AvgIpc) is 3.02. The van der Waals surface area contributed by atoms with E-state index in [2.05, 4.69) is 20.4 Å². The van der Waals surface area contributed by atoms with Gasteiger partial charge in [-0.15, -0.1) is 5.10 Å². The van der Waals surface area contributed by atoms with Crippen molar-refractivity contribution in [3.05, 3.63) is 51.8 Å². The molecule has 3 aromatic rings. The number of amides is 1. The third-order valence-corrected chi connectivity index (χ3v) is 5.44. The van der Waals surface area contributed by atoms with E-state index in [1.165, 1.54) is 11.8 Å². The van der Waals surface area contributed by atoms with E-state index in [1.807, 2.05) is 45.0 Å². The summed E-state index contributed by atoms with van der Waals surface area (Å²) in [6.45, 7) is 6.42. The second kappa shape index (κ2) is 8.05. The predicted molar refractivity (Wildman–Crippen MR) is 104 cm³/mol. The summed E-state index contributed by atoms with van der Waals surface area (Å²) in [5, 5.41) is 8.64. The highest BCUT2D eigenvalue weighted by molar-refractivity contribution is 7.99. The fourth-order valence-electron chi connectivity index (χ4n) is 2.46. The van der Waals surface area contributed by atoms with E-state index >= 15 is 0 Å². The number of halogens is 1. The van der Waals surface area contributed by atoms with Gasteiger partial charge in [-0.05, 0) is 38.0 Å². The van der Waals surface area contributed by atoms with Gasteiger partial charge in [0.1, 0.15) is 0 Å². The summed E-state index contributed by atoms with van der Waals surface area (Å²) in [5.74, 6) is 1.17. The zero-order valence-electron chi connectivity index (χ0n) is 14.9. The van der Waals surface area contributed by atoms with Crippen LogP contribution in [-0.4, -0.2) is 31.2 Å². The number of carbonyl (C=O) groups is 1. The topological polar surface area (TPSA) is 72.2 Å². The van der Waals surface area contributed by atoms with E-state index in [4.69, 9.17) is 11.6 Å². The number of aromatic nitrogens is 4. The Kier molecular flexibility index (Phi) is 5.78. The molecule has 2 aromatic heterocycles. The Labute approximate surface area is 161 Å². The van der Waals surface area contributed by atoms with Crippen molar-refractivity contribution in [2.75, 3.05) is 5.75 Å². The van der Waals surface area contributed by atoms with Gasteiger partial charge >= 0.3 is 0 Å². The van der Waals surface area contributed by atoms with E-state index < -0.39 is 0 Å². The monoisotopic (exact) mass is 389 g/mol. The Balaban J connectivity index is 1.53. The predicted octanol–water partition coefficient (Wildman–Crippen LogP) is 3.50. The molecule has 0 bridgehead atoms. The van der Waals surface area contributed by atoms with Crippen molar-refractivity contribution in [2.24, 2.45) is 0 Å². The molecule has 136 valence electrons. The highest BCUT2D eigenvalue weighted by atomic mass is 35.5. The number of fused-ring (bicyclic) bond motifs is 1. The van der Waals surface area contributed by atoms with Crippen LogP contribution in [0.5, 0.6) is 0 Å². The Bertz CT molecular complexity index is 956. The van der Waals surface area contributed by atoms with Crippen molar-refractivity contribution >= 4 is 35.0 Å². The summed E-state index contributed by atoms with van der Waals surface area (Å²) in [4.78, 5) is 20.9. The molecule has 1 amide bonds. The van der Waals surface area contributed by atoms with Crippen LogP contribution in [-0.2, 0) is 11.3 Å². The van der Waals surface area contributed by atoms with Crippen LogP contribution in [0, 0.1) is 20.8 Å². The molecular formula is C18H20ClN5OS. The number of hydrogen-bond acceptors (Lipinski definition) is 5. The lowest BCUT2D eigenvalue weighted by molar-refractivity contribution is -0.120. The standard InChI is InChI=1S/C18H20ClN5OS/c1-11-12(2)21-17-22-18(23-24(17)13(11)3)26-9-8-16(25)20-10-14-6-4-5-7-15(14)19/h4-7H,8-10H2,1-3H3,(H,20,25). The number of benzene rings is 1. The van der Waals surface area contributed by atoms with Gasteiger partial charge < -0.3 is 5.32 Å². The second-order valence-corrected chi connectivity index (χ2v) is 7.45. The van der Waals surface area contributed by atoms with Crippen molar-refractivity contribution < 1.29 is 4.79 Å². The molecule has 8 heteroatoms. The van der Waals surface area contributed by atoms with Crippen molar-refractivity contribution in [1.29, 1.82) is 0 Å². The summed E-state index contributed by atoms with van der Waals surface area (Å²) in [5.41, 5.74) is 4.00. The number of rotatable bonds is 6. The molecule has 0 radical (unpaired) electrons. The normalized spacial score (nSPS) is 11.1. The van der Waals surface area contributed by atoms with Gasteiger partial charge in [-0.25, -0.2) is 9.50 Å². The molecule has 2 heterocycles. The summed E-state index contributed by atoms with van der Waals surface area (Å²) in [6, 6.07) is 7.48. The molecule has 1 N–H and O–H groups in total. The zero-order valence-corrected chi connectivity index (χ0v) is 16.5. The first-order valence-electron chi connectivity index (χ1n) is 8.29. The van der Waals surface area contributed by atoms with Crippen LogP contribution in [0.4, 0.5) is 0 Å². The first kappa shape index (κ1) is 18.7. The molecule has 0 aliphatic heterocycles. The van der Waals surface area contributed by atoms with Gasteiger partial charge in [-0.1, -0.05) is 41.6 Å². The fourth-order valence-corrected chi connectivity index (χ4v) is 3.42. The molecule has 3 rings (SSSR count). The van der Waals surface area contributed by atoms with Crippen molar-refractivity contribution in [2.45, 2.75) is 38.9 Å². The maximum atomic E-state index is 12.0. The number of aryl methyl sites for hydroxylation is 2. The van der Waals surface area contributed by atoms with Crippen LogP contribution >= 0.6 is 23.4 Å². The second-order valence-electron chi connectivity index (χ2n) is 5.98. The highest BCUT2D eigenvalue weighted by Crippen LogP contribution is 2.18. The largest absolute Gasteiger partial charge is 0.352 e. The van der Waals surface area contributed by atoms with Gasteiger partial charge in [0.2, 0.25) is 11.1 Å². The molecule has 0 unspecified atom stereocenters. The molecular weight excluding hydrogens is 370 g/mol. The highest BCUT2D eigenvalue weighted by Gasteiger charge is 2.12. The fraction of sp³-hybridized carbons (Fsp3) is 0.333. The minimum atomic E-state index is -0.0258. The van der Waals surface area contributed by atoms with E-state index in [0.717, 1.165) is 22.5 Å². The molecule has 6 nitrogen and oxygen atoms in total. The molecule has 26 heavy (non-hydrogen) atoms. The number of hydrogen-bond donors (Lipinski definition) is 1. The Morgan fingerprint density at radius 1 is 1.23 bits per heavy atom. The number of nitrogens with one attached hydrogen (secondary N) is 1. The quantitative estimate of drug-likeness (QED) is 0.653. The van der Waals surface area contributed by atoms with Crippen LogP contribution in [0.1, 0.15) is 28.9 Å². The lowest BCUT2D eigenvalue weighted by atomic mass is 10.2.